The normalized spacial score (nSPS) is 44.0. The van der Waals surface area contributed by atoms with E-state index in [-0.39, 0.29) is 0 Å². The van der Waals surface area contributed by atoms with Gasteiger partial charge in [-0.15, -0.1) is 0 Å². The van der Waals surface area contributed by atoms with Gasteiger partial charge in [-0.1, -0.05) is 0 Å². The van der Waals surface area contributed by atoms with E-state index in [1.807, 2.05) is 0 Å². The van der Waals surface area contributed by atoms with E-state index in [0.717, 1.165) is 36.0 Å². The molecule has 2 N–H and O–H groups in total. The molecule has 22 heavy (non-hydrogen) atoms. The molecule has 4 saturated carbocycles. The van der Waals surface area contributed by atoms with Crippen molar-refractivity contribution in [2.45, 2.75) is 70.4 Å². The standard InChI is InChI=1S/C18H30N2OS/c1-12(20-17(22)19-11-16-3-2-4-21-16)18-8-13-5-14(9-18)7-15(6-13)10-18/h12-16H,2-11H2,1H3,(H2,19,20,22)/t12-,13?,14?,15?,16+,18?/m0/s1. The lowest BCUT2D eigenvalue weighted by Crippen LogP contribution is -2.57. The fourth-order valence-electron chi connectivity index (χ4n) is 6.12. The molecule has 0 aromatic heterocycles. The van der Waals surface area contributed by atoms with E-state index in [9.17, 15) is 0 Å². The summed E-state index contributed by atoms with van der Waals surface area (Å²) in [4.78, 5) is 0. The molecule has 3 nitrogen and oxygen atoms in total. The van der Waals surface area contributed by atoms with Crippen LogP contribution in [0.25, 0.3) is 0 Å². The molecule has 0 amide bonds. The number of hydrogen-bond donors (Lipinski definition) is 2. The molecule has 4 heteroatoms. The lowest BCUT2D eigenvalue weighted by molar-refractivity contribution is -0.0672. The largest absolute Gasteiger partial charge is 0.376 e. The van der Waals surface area contributed by atoms with Crippen LogP contribution in [0.5, 0.6) is 0 Å². The van der Waals surface area contributed by atoms with Gasteiger partial charge in [0.05, 0.1) is 6.10 Å². The Balaban J connectivity index is 1.31. The van der Waals surface area contributed by atoms with Crippen molar-refractivity contribution < 1.29 is 4.74 Å². The SMILES string of the molecule is C[C@H](NC(=S)NC[C@H]1CCCO1)C12CC3CC(CC(C3)C1)C2. The average Bonchev–Trinajstić information content (AvgIpc) is 2.97. The second kappa shape index (κ2) is 5.94. The Labute approximate surface area is 139 Å². The molecular formula is C18H30N2OS. The van der Waals surface area contributed by atoms with Crippen LogP contribution in [0.4, 0.5) is 0 Å². The van der Waals surface area contributed by atoms with Crippen molar-refractivity contribution in [1.82, 2.24) is 10.6 Å². The Morgan fingerprint density at radius 3 is 2.36 bits per heavy atom. The van der Waals surface area contributed by atoms with Gasteiger partial charge in [0.1, 0.15) is 0 Å². The quantitative estimate of drug-likeness (QED) is 0.779. The van der Waals surface area contributed by atoms with Gasteiger partial charge < -0.3 is 15.4 Å². The minimum absolute atomic E-state index is 0.356. The van der Waals surface area contributed by atoms with Gasteiger partial charge in [-0.3, -0.25) is 0 Å². The van der Waals surface area contributed by atoms with Gasteiger partial charge in [0.25, 0.3) is 0 Å². The van der Waals surface area contributed by atoms with Gasteiger partial charge in [0.2, 0.25) is 0 Å². The highest BCUT2D eigenvalue weighted by Gasteiger charge is 2.53. The van der Waals surface area contributed by atoms with Crippen molar-refractivity contribution in [3.8, 4) is 0 Å². The molecule has 0 aromatic carbocycles. The molecule has 0 radical (unpaired) electrons. The number of nitrogens with one attached hydrogen (secondary N) is 2. The molecule has 1 aliphatic heterocycles. The lowest BCUT2D eigenvalue weighted by Gasteiger charge is -2.59. The van der Waals surface area contributed by atoms with Crippen LogP contribution in [0, 0.1) is 23.2 Å². The first kappa shape index (κ1) is 15.2. The van der Waals surface area contributed by atoms with Crippen LogP contribution in [0.2, 0.25) is 0 Å². The summed E-state index contributed by atoms with van der Waals surface area (Å²) < 4.78 is 5.66. The molecular weight excluding hydrogens is 292 g/mol. The van der Waals surface area contributed by atoms with Crippen molar-refractivity contribution in [3.63, 3.8) is 0 Å². The second-order valence-electron chi connectivity index (χ2n) is 8.49. The van der Waals surface area contributed by atoms with Gasteiger partial charge in [-0.2, -0.15) is 0 Å². The maximum Gasteiger partial charge on any atom is 0.166 e. The number of thiocarbonyl (C=S) groups is 1. The second-order valence-corrected chi connectivity index (χ2v) is 8.90. The average molecular weight is 323 g/mol. The summed E-state index contributed by atoms with van der Waals surface area (Å²) in [6.45, 7) is 4.14. The van der Waals surface area contributed by atoms with Crippen LogP contribution in [0.1, 0.15) is 58.3 Å². The zero-order chi connectivity index (χ0) is 15.2. The zero-order valence-electron chi connectivity index (χ0n) is 13.8. The summed E-state index contributed by atoms with van der Waals surface area (Å²) in [7, 11) is 0. The van der Waals surface area contributed by atoms with Gasteiger partial charge >= 0.3 is 0 Å². The van der Waals surface area contributed by atoms with Crippen molar-refractivity contribution >= 4 is 17.3 Å². The Hall–Kier alpha value is -0.350. The number of rotatable bonds is 4. The molecule has 0 aromatic rings. The number of hydrogen-bond acceptors (Lipinski definition) is 2. The third-order valence-corrected chi connectivity index (χ3v) is 7.13. The monoisotopic (exact) mass is 322 g/mol. The van der Waals surface area contributed by atoms with Crippen molar-refractivity contribution in [3.05, 3.63) is 0 Å². The molecule has 0 spiro atoms. The van der Waals surface area contributed by atoms with Crippen LogP contribution in [-0.4, -0.2) is 30.4 Å². The summed E-state index contributed by atoms with van der Waals surface area (Å²) in [5.74, 6) is 3.01. The Kier molecular flexibility index (Phi) is 4.10. The van der Waals surface area contributed by atoms with Crippen LogP contribution in [0.3, 0.4) is 0 Å². The smallest absolute Gasteiger partial charge is 0.166 e. The third kappa shape index (κ3) is 2.89. The summed E-state index contributed by atoms with van der Waals surface area (Å²) in [6, 6.07) is 0.505. The van der Waals surface area contributed by atoms with Crippen molar-refractivity contribution in [2.75, 3.05) is 13.2 Å². The van der Waals surface area contributed by atoms with E-state index in [1.165, 1.54) is 51.4 Å². The topological polar surface area (TPSA) is 33.3 Å². The Bertz CT molecular complexity index is 398. The zero-order valence-corrected chi connectivity index (χ0v) is 14.6. The Morgan fingerprint density at radius 1 is 1.18 bits per heavy atom. The first-order chi connectivity index (χ1) is 10.6. The Morgan fingerprint density at radius 2 is 1.82 bits per heavy atom. The minimum Gasteiger partial charge on any atom is -0.376 e. The first-order valence-corrected chi connectivity index (χ1v) is 9.70. The van der Waals surface area contributed by atoms with Gasteiger partial charge in [-0.05, 0) is 93.7 Å². The predicted molar refractivity (Wildman–Crippen MR) is 92.8 cm³/mol. The minimum atomic E-state index is 0.356. The fraction of sp³-hybridized carbons (Fsp3) is 0.944. The molecule has 4 aliphatic carbocycles. The van der Waals surface area contributed by atoms with E-state index < -0.39 is 0 Å². The van der Waals surface area contributed by atoms with E-state index in [0.29, 0.717) is 17.6 Å². The maximum atomic E-state index is 5.66. The molecule has 0 unspecified atom stereocenters. The van der Waals surface area contributed by atoms with E-state index in [1.54, 1.807) is 0 Å². The molecule has 124 valence electrons. The van der Waals surface area contributed by atoms with E-state index in [4.69, 9.17) is 17.0 Å². The molecule has 1 saturated heterocycles. The first-order valence-electron chi connectivity index (χ1n) is 9.29. The summed E-state index contributed by atoms with van der Waals surface area (Å²) in [5, 5.41) is 7.84. The van der Waals surface area contributed by atoms with Gasteiger partial charge in [0, 0.05) is 19.2 Å². The molecule has 1 heterocycles. The molecule has 5 fully saturated rings. The van der Waals surface area contributed by atoms with Gasteiger partial charge in [-0.25, -0.2) is 0 Å². The molecule has 5 rings (SSSR count). The molecule has 4 bridgehead atoms. The van der Waals surface area contributed by atoms with Crippen LogP contribution in [-0.2, 0) is 4.74 Å². The summed E-state index contributed by atoms with van der Waals surface area (Å²) >= 11 is 5.54. The predicted octanol–water partition coefficient (Wildman–Crippen LogP) is 3.23. The highest BCUT2D eigenvalue weighted by Crippen LogP contribution is 2.61. The summed E-state index contributed by atoms with van der Waals surface area (Å²) in [6.07, 6.45) is 11.5. The fourth-order valence-corrected chi connectivity index (χ4v) is 6.38. The van der Waals surface area contributed by atoms with Crippen molar-refractivity contribution in [1.29, 1.82) is 0 Å². The maximum absolute atomic E-state index is 5.66. The van der Waals surface area contributed by atoms with Crippen LogP contribution < -0.4 is 10.6 Å². The highest BCUT2D eigenvalue weighted by molar-refractivity contribution is 7.80. The lowest BCUT2D eigenvalue weighted by atomic mass is 9.48. The molecule has 2 atom stereocenters. The third-order valence-electron chi connectivity index (χ3n) is 6.87. The number of ether oxygens (including phenoxy) is 1. The van der Waals surface area contributed by atoms with Crippen molar-refractivity contribution in [2.24, 2.45) is 23.2 Å². The van der Waals surface area contributed by atoms with Crippen LogP contribution >= 0.6 is 12.2 Å². The van der Waals surface area contributed by atoms with Gasteiger partial charge in [0.15, 0.2) is 5.11 Å². The van der Waals surface area contributed by atoms with E-state index in [2.05, 4.69) is 17.6 Å². The van der Waals surface area contributed by atoms with E-state index >= 15 is 0 Å². The van der Waals surface area contributed by atoms with Crippen LogP contribution in [0.15, 0.2) is 0 Å². The molecule has 5 aliphatic rings. The highest BCUT2D eigenvalue weighted by atomic mass is 32.1. The summed E-state index contributed by atoms with van der Waals surface area (Å²) in [5.41, 5.74) is 0.518.